The van der Waals surface area contributed by atoms with Gasteiger partial charge >= 0.3 is 11.9 Å². The average molecular weight is 438 g/mol. The van der Waals surface area contributed by atoms with E-state index in [4.69, 9.17) is 14.3 Å². The summed E-state index contributed by atoms with van der Waals surface area (Å²) in [5.74, 6) is -1.32. The molecule has 0 aromatic carbocycles. The number of nitrogens with one attached hydrogen (secondary N) is 1. The second-order valence-corrected chi connectivity index (χ2v) is 7.15. The molecule has 166 valence electrons. The lowest BCUT2D eigenvalue weighted by Crippen LogP contribution is -2.42. The minimum Gasteiger partial charge on any atom is -0.469 e. The first-order valence-corrected chi connectivity index (χ1v) is 9.93. The molecule has 1 aliphatic rings. The molecule has 0 radical (unpaired) electrons. The van der Waals surface area contributed by atoms with Crippen LogP contribution < -0.4 is 5.32 Å². The summed E-state index contributed by atoms with van der Waals surface area (Å²) in [6, 6.07) is 3.65. The molecule has 1 aliphatic heterocycles. The van der Waals surface area contributed by atoms with Gasteiger partial charge in [0.2, 0.25) is 5.60 Å². The van der Waals surface area contributed by atoms with E-state index in [9.17, 15) is 9.59 Å². The Bertz CT molecular complexity index is 1190. The summed E-state index contributed by atoms with van der Waals surface area (Å²) in [5.41, 5.74) is 1.64. The lowest BCUT2D eigenvalue weighted by Gasteiger charge is -2.22. The Morgan fingerprint density at radius 3 is 2.69 bits per heavy atom. The molecule has 0 aliphatic carbocycles. The minimum atomic E-state index is -1.60. The second kappa shape index (κ2) is 8.61. The molecular weight excluding hydrogens is 416 g/mol. The van der Waals surface area contributed by atoms with Crippen LogP contribution in [0.5, 0.6) is 0 Å². The minimum absolute atomic E-state index is 0.00883. The third kappa shape index (κ3) is 3.72. The van der Waals surface area contributed by atoms with Gasteiger partial charge < -0.3 is 19.6 Å². The van der Waals surface area contributed by atoms with Crippen molar-refractivity contribution in [3.63, 3.8) is 0 Å². The third-order valence-electron chi connectivity index (χ3n) is 5.22. The summed E-state index contributed by atoms with van der Waals surface area (Å²) in [5, 5.41) is 12.7. The normalized spacial score (nSPS) is 17.5. The number of fused-ring (bicyclic) bond motifs is 1. The number of hydrogen-bond donors (Lipinski definition) is 1. The Labute approximate surface area is 183 Å². The molecule has 4 heterocycles. The van der Waals surface area contributed by atoms with Crippen molar-refractivity contribution in [3.8, 4) is 0 Å². The standard InChI is InChI=1S/C21H22N6O5/c1-4-27-19-15(12-24-27)18(25-13-5-7-22-8-6-13)14(11-23-19)16-9-21(32-26-16,20(29)31-3)10-17(28)30-2/h5-8,11-12H,4,9-10H2,1-3H3,(H,22,23,25). The zero-order valence-corrected chi connectivity index (χ0v) is 17.9. The fourth-order valence-electron chi connectivity index (χ4n) is 3.58. The van der Waals surface area contributed by atoms with Crippen molar-refractivity contribution < 1.29 is 23.9 Å². The van der Waals surface area contributed by atoms with Crippen LogP contribution in [0, 0.1) is 0 Å². The summed E-state index contributed by atoms with van der Waals surface area (Å²) < 4.78 is 11.4. The van der Waals surface area contributed by atoms with Crippen molar-refractivity contribution in [3.05, 3.63) is 42.5 Å². The van der Waals surface area contributed by atoms with Crippen molar-refractivity contribution >= 4 is 40.1 Å². The van der Waals surface area contributed by atoms with Crippen molar-refractivity contribution in [2.75, 3.05) is 19.5 Å². The smallest absolute Gasteiger partial charge is 0.354 e. The first kappa shape index (κ1) is 21.2. The van der Waals surface area contributed by atoms with Gasteiger partial charge in [0.05, 0.1) is 43.6 Å². The van der Waals surface area contributed by atoms with Gasteiger partial charge in [-0.05, 0) is 19.1 Å². The SMILES string of the molecule is CCn1ncc2c(Nc3ccncc3)c(C3=NOC(CC(=O)OC)(C(=O)OC)C3)cnc21. The second-order valence-electron chi connectivity index (χ2n) is 7.15. The van der Waals surface area contributed by atoms with E-state index in [-0.39, 0.29) is 12.8 Å². The first-order chi connectivity index (χ1) is 15.5. The van der Waals surface area contributed by atoms with E-state index in [0.29, 0.717) is 29.2 Å². The summed E-state index contributed by atoms with van der Waals surface area (Å²) in [7, 11) is 2.47. The fourth-order valence-corrected chi connectivity index (χ4v) is 3.58. The van der Waals surface area contributed by atoms with Crippen molar-refractivity contribution in [1.82, 2.24) is 19.7 Å². The van der Waals surface area contributed by atoms with Crippen molar-refractivity contribution in [2.24, 2.45) is 5.16 Å². The topological polar surface area (TPSA) is 130 Å². The van der Waals surface area contributed by atoms with Gasteiger partial charge in [-0.3, -0.25) is 9.78 Å². The lowest BCUT2D eigenvalue weighted by molar-refractivity contribution is -0.173. The highest BCUT2D eigenvalue weighted by atomic mass is 16.7. The number of hydrogen-bond acceptors (Lipinski definition) is 10. The zero-order chi connectivity index (χ0) is 22.7. The van der Waals surface area contributed by atoms with Crippen LogP contribution in [0.1, 0.15) is 25.3 Å². The number of methoxy groups -OCH3 is 2. The Kier molecular flexibility index (Phi) is 5.71. The van der Waals surface area contributed by atoms with E-state index >= 15 is 0 Å². The van der Waals surface area contributed by atoms with Crippen molar-refractivity contribution in [2.45, 2.75) is 31.9 Å². The number of nitrogens with zero attached hydrogens (tertiary/aromatic N) is 5. The van der Waals surface area contributed by atoms with Gasteiger partial charge in [0.25, 0.3) is 0 Å². The van der Waals surface area contributed by atoms with Gasteiger partial charge in [-0.15, -0.1) is 0 Å². The maximum Gasteiger partial charge on any atom is 0.354 e. The molecule has 0 amide bonds. The lowest BCUT2D eigenvalue weighted by atomic mass is 9.90. The van der Waals surface area contributed by atoms with Crippen LogP contribution in [0.2, 0.25) is 0 Å². The van der Waals surface area contributed by atoms with Gasteiger partial charge in [0.1, 0.15) is 0 Å². The van der Waals surface area contributed by atoms with Crippen molar-refractivity contribution in [1.29, 1.82) is 0 Å². The van der Waals surface area contributed by atoms with Gasteiger partial charge in [-0.2, -0.15) is 5.10 Å². The number of oxime groups is 1. The molecule has 32 heavy (non-hydrogen) atoms. The van der Waals surface area contributed by atoms with Crippen LogP contribution in [-0.4, -0.2) is 57.2 Å². The van der Waals surface area contributed by atoms with E-state index < -0.39 is 17.5 Å². The summed E-state index contributed by atoms with van der Waals surface area (Å²) in [6.45, 7) is 2.63. The van der Waals surface area contributed by atoms with Gasteiger partial charge in [0, 0.05) is 42.8 Å². The molecule has 11 nitrogen and oxygen atoms in total. The van der Waals surface area contributed by atoms with E-state index in [2.05, 4.69) is 25.5 Å². The number of carbonyl (C=O) groups excluding carboxylic acids is 2. The summed E-state index contributed by atoms with van der Waals surface area (Å²) in [6.07, 6.45) is 6.38. The largest absolute Gasteiger partial charge is 0.469 e. The molecule has 0 saturated heterocycles. The van der Waals surface area contributed by atoms with Crippen LogP contribution in [0.3, 0.4) is 0 Å². The van der Waals surface area contributed by atoms with Gasteiger partial charge in [0.15, 0.2) is 5.65 Å². The molecule has 3 aromatic rings. The number of aromatic nitrogens is 4. The number of aryl methyl sites for hydroxylation is 1. The molecule has 0 saturated carbocycles. The monoisotopic (exact) mass is 438 g/mol. The van der Waals surface area contributed by atoms with E-state index in [1.165, 1.54) is 14.2 Å². The molecule has 3 aromatic heterocycles. The molecule has 0 spiro atoms. The Balaban J connectivity index is 1.77. The summed E-state index contributed by atoms with van der Waals surface area (Å²) >= 11 is 0. The number of anilines is 2. The Morgan fingerprint density at radius 2 is 2.00 bits per heavy atom. The quantitative estimate of drug-likeness (QED) is 0.552. The summed E-state index contributed by atoms with van der Waals surface area (Å²) in [4.78, 5) is 38.6. The molecule has 1 unspecified atom stereocenters. The Morgan fingerprint density at radius 1 is 1.22 bits per heavy atom. The molecule has 11 heteroatoms. The number of rotatable bonds is 7. The number of pyridine rings is 2. The van der Waals surface area contributed by atoms with Crippen LogP contribution in [-0.2, 0) is 30.4 Å². The molecule has 4 rings (SSSR count). The van der Waals surface area contributed by atoms with E-state index in [1.807, 2.05) is 19.1 Å². The van der Waals surface area contributed by atoms with Gasteiger partial charge in [-0.25, -0.2) is 14.5 Å². The van der Waals surface area contributed by atoms with E-state index in [1.54, 1.807) is 29.5 Å². The predicted octanol–water partition coefficient (Wildman–Crippen LogP) is 2.19. The average Bonchev–Trinajstić information content (AvgIpc) is 3.44. The van der Waals surface area contributed by atoms with Crippen LogP contribution in [0.15, 0.2) is 42.1 Å². The fraction of sp³-hybridized carbons (Fsp3) is 0.333. The zero-order valence-electron chi connectivity index (χ0n) is 17.9. The highest BCUT2D eigenvalue weighted by molar-refractivity contribution is 6.13. The molecule has 1 atom stereocenters. The van der Waals surface area contributed by atoms with Crippen LogP contribution >= 0.6 is 0 Å². The van der Waals surface area contributed by atoms with Crippen LogP contribution in [0.25, 0.3) is 11.0 Å². The predicted molar refractivity (Wildman–Crippen MR) is 114 cm³/mol. The molecule has 0 fully saturated rings. The Hall–Kier alpha value is -4.02. The maximum absolute atomic E-state index is 12.5. The number of ether oxygens (including phenoxy) is 2. The number of esters is 2. The highest BCUT2D eigenvalue weighted by Crippen LogP contribution is 2.36. The highest BCUT2D eigenvalue weighted by Gasteiger charge is 2.50. The third-order valence-corrected chi connectivity index (χ3v) is 5.22. The van der Waals surface area contributed by atoms with E-state index in [0.717, 1.165) is 11.1 Å². The molecule has 1 N–H and O–H groups in total. The van der Waals surface area contributed by atoms with Gasteiger partial charge in [-0.1, -0.05) is 5.16 Å². The maximum atomic E-state index is 12.5. The molecule has 0 bridgehead atoms. The number of carbonyl (C=O) groups is 2. The molecular formula is C21H22N6O5. The first-order valence-electron chi connectivity index (χ1n) is 9.93. The van der Waals surface area contributed by atoms with Crippen LogP contribution in [0.4, 0.5) is 11.4 Å².